The lowest BCUT2D eigenvalue weighted by atomic mass is 10.0. The molecule has 0 spiro atoms. The van der Waals surface area contributed by atoms with Gasteiger partial charge in [-0.1, -0.05) is 56.3 Å². The van der Waals surface area contributed by atoms with Crippen LogP contribution in [0.15, 0.2) is 48.5 Å². The molecule has 1 aliphatic carbocycles. The van der Waals surface area contributed by atoms with E-state index in [1.807, 2.05) is 0 Å². The Balaban J connectivity index is 1.71. The van der Waals surface area contributed by atoms with Crippen molar-refractivity contribution in [1.29, 1.82) is 0 Å². The molecule has 0 heterocycles. The molecule has 20 heavy (non-hydrogen) atoms. The molecule has 0 saturated heterocycles. The van der Waals surface area contributed by atoms with Crippen LogP contribution in [0.3, 0.4) is 0 Å². The van der Waals surface area contributed by atoms with Gasteiger partial charge in [0.2, 0.25) is 0 Å². The number of para-hydroxylation sites is 1. The Hall–Kier alpha value is -1.76. The Labute approximate surface area is 122 Å². The average molecular weight is 265 g/mol. The Morgan fingerprint density at radius 1 is 1.05 bits per heavy atom. The van der Waals surface area contributed by atoms with E-state index in [2.05, 4.69) is 67.7 Å². The smallest absolute Gasteiger partial charge is 0.0400 e. The largest absolute Gasteiger partial charge is 0.381 e. The summed E-state index contributed by atoms with van der Waals surface area (Å²) in [4.78, 5) is 0. The van der Waals surface area contributed by atoms with Crippen LogP contribution in [0.25, 0.3) is 0 Å². The van der Waals surface area contributed by atoms with Gasteiger partial charge in [-0.25, -0.2) is 0 Å². The van der Waals surface area contributed by atoms with E-state index in [1.165, 1.54) is 35.2 Å². The normalized spacial score (nSPS) is 14.6. The minimum Gasteiger partial charge on any atom is -0.381 e. The summed E-state index contributed by atoms with van der Waals surface area (Å²) in [5.74, 6) is 1.38. The van der Waals surface area contributed by atoms with Crippen molar-refractivity contribution in [3.8, 4) is 0 Å². The molecule has 1 saturated carbocycles. The lowest BCUT2D eigenvalue weighted by Crippen LogP contribution is -2.03. The first-order valence-electron chi connectivity index (χ1n) is 7.65. The third-order valence-corrected chi connectivity index (χ3v) is 4.07. The summed E-state index contributed by atoms with van der Waals surface area (Å²) in [5.41, 5.74) is 5.56. The first-order valence-corrected chi connectivity index (χ1v) is 7.65. The van der Waals surface area contributed by atoms with Crippen molar-refractivity contribution in [2.45, 2.75) is 45.1 Å². The summed E-state index contributed by atoms with van der Waals surface area (Å²) >= 11 is 0. The molecule has 2 aromatic rings. The second-order valence-corrected chi connectivity index (χ2v) is 6.11. The summed E-state index contributed by atoms with van der Waals surface area (Å²) in [7, 11) is 0. The van der Waals surface area contributed by atoms with Crippen molar-refractivity contribution in [2.75, 3.05) is 5.32 Å². The Kier molecular flexibility index (Phi) is 3.77. The molecule has 1 heteroatoms. The van der Waals surface area contributed by atoms with Crippen LogP contribution in [0.1, 0.15) is 55.2 Å². The van der Waals surface area contributed by atoms with Crippen molar-refractivity contribution in [3.05, 3.63) is 65.2 Å². The summed E-state index contributed by atoms with van der Waals surface area (Å²) in [6.45, 7) is 5.40. The van der Waals surface area contributed by atoms with Gasteiger partial charge in [-0.15, -0.1) is 0 Å². The minimum atomic E-state index is 0.552. The molecule has 104 valence electrons. The monoisotopic (exact) mass is 265 g/mol. The molecule has 1 fully saturated rings. The first-order chi connectivity index (χ1) is 9.74. The summed E-state index contributed by atoms with van der Waals surface area (Å²) in [6, 6.07) is 17.7. The molecule has 1 aliphatic rings. The van der Waals surface area contributed by atoms with Crippen LogP contribution >= 0.6 is 0 Å². The maximum atomic E-state index is 3.60. The van der Waals surface area contributed by atoms with Gasteiger partial charge >= 0.3 is 0 Å². The summed E-state index contributed by atoms with van der Waals surface area (Å²) in [6.07, 6.45) is 2.74. The highest BCUT2D eigenvalue weighted by Crippen LogP contribution is 2.40. The highest BCUT2D eigenvalue weighted by molar-refractivity contribution is 5.52. The van der Waals surface area contributed by atoms with Crippen LogP contribution in [-0.4, -0.2) is 0 Å². The lowest BCUT2D eigenvalue weighted by molar-refractivity contribution is 0.865. The number of anilines is 1. The summed E-state index contributed by atoms with van der Waals surface area (Å²) in [5, 5.41) is 3.60. The third kappa shape index (κ3) is 3.04. The molecule has 0 amide bonds. The zero-order valence-corrected chi connectivity index (χ0v) is 12.4. The third-order valence-electron chi connectivity index (χ3n) is 4.07. The predicted octanol–water partition coefficient (Wildman–Crippen LogP) is 5.30. The predicted molar refractivity (Wildman–Crippen MR) is 86.3 cm³/mol. The SMILES string of the molecule is CC(C)c1ccccc1NCc1cccc(C2CC2)c1. The van der Waals surface area contributed by atoms with E-state index in [9.17, 15) is 0 Å². The van der Waals surface area contributed by atoms with Crippen molar-refractivity contribution in [2.24, 2.45) is 0 Å². The highest BCUT2D eigenvalue weighted by Gasteiger charge is 2.23. The topological polar surface area (TPSA) is 12.0 Å². The lowest BCUT2D eigenvalue weighted by Gasteiger charge is -2.15. The molecule has 1 N–H and O–H groups in total. The van der Waals surface area contributed by atoms with Gasteiger partial charge in [0.1, 0.15) is 0 Å². The fraction of sp³-hybridized carbons (Fsp3) is 0.368. The van der Waals surface area contributed by atoms with Crippen molar-refractivity contribution in [1.82, 2.24) is 0 Å². The van der Waals surface area contributed by atoms with Gasteiger partial charge in [-0.05, 0) is 47.4 Å². The Bertz CT molecular complexity index is 582. The van der Waals surface area contributed by atoms with Crippen LogP contribution in [0, 0.1) is 0 Å². The molecule has 2 aromatic carbocycles. The van der Waals surface area contributed by atoms with Gasteiger partial charge in [0.05, 0.1) is 0 Å². The standard InChI is InChI=1S/C19H23N/c1-14(2)18-8-3-4-9-19(18)20-13-15-6-5-7-17(12-15)16-10-11-16/h3-9,12,14,16,20H,10-11,13H2,1-2H3. The fourth-order valence-electron chi connectivity index (χ4n) is 2.73. The number of nitrogens with one attached hydrogen (secondary N) is 1. The second kappa shape index (κ2) is 5.70. The van der Waals surface area contributed by atoms with Crippen LogP contribution in [0.5, 0.6) is 0 Å². The van der Waals surface area contributed by atoms with Gasteiger partial charge in [-0.3, -0.25) is 0 Å². The maximum Gasteiger partial charge on any atom is 0.0400 e. The second-order valence-electron chi connectivity index (χ2n) is 6.11. The van der Waals surface area contributed by atoms with Gasteiger partial charge in [0, 0.05) is 12.2 Å². The van der Waals surface area contributed by atoms with Crippen molar-refractivity contribution in [3.63, 3.8) is 0 Å². The minimum absolute atomic E-state index is 0.552. The van der Waals surface area contributed by atoms with Crippen LogP contribution in [-0.2, 0) is 6.54 Å². The maximum absolute atomic E-state index is 3.60. The molecule has 3 rings (SSSR count). The van der Waals surface area contributed by atoms with Crippen LogP contribution in [0.2, 0.25) is 0 Å². The number of rotatable bonds is 5. The van der Waals surface area contributed by atoms with Crippen LogP contribution in [0.4, 0.5) is 5.69 Å². The molecule has 0 aromatic heterocycles. The average Bonchev–Trinajstić information content (AvgIpc) is 3.30. The highest BCUT2D eigenvalue weighted by atomic mass is 14.9. The summed E-state index contributed by atoms with van der Waals surface area (Å²) < 4.78 is 0. The molecular weight excluding hydrogens is 242 g/mol. The molecule has 0 unspecified atom stereocenters. The van der Waals surface area contributed by atoms with E-state index in [4.69, 9.17) is 0 Å². The number of benzene rings is 2. The molecule has 0 radical (unpaired) electrons. The van der Waals surface area contributed by atoms with E-state index < -0.39 is 0 Å². The fourth-order valence-corrected chi connectivity index (χ4v) is 2.73. The zero-order chi connectivity index (χ0) is 13.9. The quantitative estimate of drug-likeness (QED) is 0.773. The van der Waals surface area contributed by atoms with Gasteiger partial charge < -0.3 is 5.32 Å². The molecule has 0 atom stereocenters. The van der Waals surface area contributed by atoms with Gasteiger partial charge in [0.15, 0.2) is 0 Å². The van der Waals surface area contributed by atoms with Gasteiger partial charge in [0.25, 0.3) is 0 Å². The molecule has 0 bridgehead atoms. The van der Waals surface area contributed by atoms with E-state index in [0.717, 1.165) is 12.5 Å². The zero-order valence-electron chi connectivity index (χ0n) is 12.4. The molecule has 1 nitrogen and oxygen atoms in total. The Morgan fingerprint density at radius 2 is 1.85 bits per heavy atom. The number of hydrogen-bond acceptors (Lipinski definition) is 1. The molecule has 0 aliphatic heterocycles. The first kappa shape index (κ1) is 13.2. The van der Waals surface area contributed by atoms with E-state index >= 15 is 0 Å². The van der Waals surface area contributed by atoms with Crippen molar-refractivity contribution < 1.29 is 0 Å². The van der Waals surface area contributed by atoms with Crippen molar-refractivity contribution >= 4 is 5.69 Å². The van der Waals surface area contributed by atoms with E-state index in [-0.39, 0.29) is 0 Å². The Morgan fingerprint density at radius 3 is 2.60 bits per heavy atom. The van der Waals surface area contributed by atoms with Gasteiger partial charge in [-0.2, -0.15) is 0 Å². The van der Waals surface area contributed by atoms with Crippen LogP contribution < -0.4 is 5.32 Å². The van der Waals surface area contributed by atoms with E-state index in [0.29, 0.717) is 5.92 Å². The number of hydrogen-bond donors (Lipinski definition) is 1. The molecular formula is C19H23N. The van der Waals surface area contributed by atoms with E-state index in [1.54, 1.807) is 0 Å².